The number of likely N-dealkylation sites (tertiary alicyclic amines) is 1. The third kappa shape index (κ3) is 1.42. The number of amides is 1. The van der Waals surface area contributed by atoms with E-state index in [1.54, 1.807) is 0 Å². The average Bonchev–Trinajstić information content (AvgIpc) is 3.01. The lowest BCUT2D eigenvalue weighted by Crippen LogP contribution is -2.65. The van der Waals surface area contributed by atoms with Gasteiger partial charge in [-0.15, -0.1) is 0 Å². The van der Waals surface area contributed by atoms with Gasteiger partial charge in [0.15, 0.2) is 0 Å². The summed E-state index contributed by atoms with van der Waals surface area (Å²) < 4.78 is 0. The second-order valence-electron chi connectivity index (χ2n) is 7.48. The Balaban J connectivity index is 1.70. The van der Waals surface area contributed by atoms with Crippen molar-refractivity contribution in [1.29, 1.82) is 0 Å². The molecule has 2 saturated carbocycles. The Bertz CT molecular complexity index is 341. The van der Waals surface area contributed by atoms with Crippen LogP contribution in [-0.4, -0.2) is 23.4 Å². The summed E-state index contributed by atoms with van der Waals surface area (Å²) in [6, 6.07) is 0.552. The maximum atomic E-state index is 12.4. The van der Waals surface area contributed by atoms with E-state index in [0.717, 1.165) is 18.9 Å². The van der Waals surface area contributed by atoms with Crippen LogP contribution in [0.4, 0.5) is 0 Å². The topological polar surface area (TPSA) is 20.3 Å². The molecule has 1 aliphatic heterocycles. The summed E-state index contributed by atoms with van der Waals surface area (Å²) in [5.74, 6) is 1.58. The fraction of sp³-hybridized carbons (Fsp3) is 0.929. The highest BCUT2D eigenvalue weighted by molar-refractivity contribution is 5.84. The van der Waals surface area contributed by atoms with Crippen molar-refractivity contribution in [3.63, 3.8) is 0 Å². The molecule has 90 valence electrons. The molecule has 0 aromatic heterocycles. The van der Waals surface area contributed by atoms with Gasteiger partial charge in [-0.2, -0.15) is 0 Å². The maximum Gasteiger partial charge on any atom is 0.226 e. The number of rotatable bonds is 2. The lowest BCUT2D eigenvalue weighted by molar-refractivity contribution is -0.155. The molecule has 2 heteroatoms. The van der Waals surface area contributed by atoms with Crippen LogP contribution in [0, 0.1) is 22.7 Å². The van der Waals surface area contributed by atoms with Gasteiger partial charge in [0.05, 0.1) is 0 Å². The van der Waals surface area contributed by atoms with Crippen molar-refractivity contribution in [3.05, 3.63) is 0 Å². The highest BCUT2D eigenvalue weighted by Crippen LogP contribution is 2.56. The largest absolute Gasteiger partial charge is 0.338 e. The van der Waals surface area contributed by atoms with E-state index < -0.39 is 0 Å². The van der Waals surface area contributed by atoms with Crippen molar-refractivity contribution in [2.75, 3.05) is 6.54 Å². The molecule has 0 radical (unpaired) electrons. The van der Waals surface area contributed by atoms with Crippen molar-refractivity contribution in [2.24, 2.45) is 22.7 Å². The third-order valence-corrected chi connectivity index (χ3v) is 4.88. The van der Waals surface area contributed by atoms with E-state index in [1.165, 1.54) is 12.8 Å². The first-order valence-electron chi connectivity index (χ1n) is 6.63. The number of carbonyl (C=O) groups excluding carboxylic acids is 1. The highest BCUT2D eigenvalue weighted by Gasteiger charge is 2.59. The van der Waals surface area contributed by atoms with E-state index in [0.29, 0.717) is 23.3 Å². The van der Waals surface area contributed by atoms with Gasteiger partial charge in [-0.05, 0) is 30.6 Å². The molecule has 0 bridgehead atoms. The first-order chi connectivity index (χ1) is 7.33. The molecule has 0 aromatic carbocycles. The Kier molecular flexibility index (Phi) is 1.88. The van der Waals surface area contributed by atoms with Gasteiger partial charge < -0.3 is 4.90 Å². The van der Waals surface area contributed by atoms with Crippen molar-refractivity contribution in [3.8, 4) is 0 Å². The Labute approximate surface area is 98.4 Å². The van der Waals surface area contributed by atoms with Gasteiger partial charge in [-0.1, -0.05) is 27.7 Å². The second kappa shape index (κ2) is 2.83. The molecule has 1 unspecified atom stereocenters. The van der Waals surface area contributed by atoms with Crippen LogP contribution >= 0.6 is 0 Å². The second-order valence-corrected chi connectivity index (χ2v) is 7.48. The molecule has 3 aliphatic rings. The zero-order valence-corrected chi connectivity index (χ0v) is 10.9. The third-order valence-electron chi connectivity index (χ3n) is 4.88. The molecule has 1 saturated heterocycles. The van der Waals surface area contributed by atoms with Crippen molar-refractivity contribution < 1.29 is 4.79 Å². The van der Waals surface area contributed by atoms with Crippen molar-refractivity contribution in [1.82, 2.24) is 4.90 Å². The Morgan fingerprint density at radius 2 is 1.69 bits per heavy atom. The van der Waals surface area contributed by atoms with Crippen LogP contribution in [0.5, 0.6) is 0 Å². The summed E-state index contributed by atoms with van der Waals surface area (Å²) in [7, 11) is 0. The minimum atomic E-state index is 0.283. The van der Waals surface area contributed by atoms with Crippen LogP contribution in [-0.2, 0) is 4.79 Å². The molecular weight excluding hydrogens is 198 g/mol. The zero-order valence-electron chi connectivity index (χ0n) is 10.9. The van der Waals surface area contributed by atoms with Gasteiger partial charge in [0, 0.05) is 23.9 Å². The smallest absolute Gasteiger partial charge is 0.226 e. The molecule has 16 heavy (non-hydrogen) atoms. The number of hydrogen-bond donors (Lipinski definition) is 0. The van der Waals surface area contributed by atoms with E-state index in [2.05, 4.69) is 32.6 Å². The number of carbonyl (C=O) groups is 1. The fourth-order valence-electron chi connectivity index (χ4n) is 3.55. The molecule has 2 atom stereocenters. The predicted molar refractivity (Wildman–Crippen MR) is 63.9 cm³/mol. The molecule has 1 amide bonds. The van der Waals surface area contributed by atoms with E-state index in [9.17, 15) is 4.79 Å². The lowest BCUT2D eigenvalue weighted by Gasteiger charge is -2.55. The monoisotopic (exact) mass is 221 g/mol. The minimum absolute atomic E-state index is 0.283. The summed E-state index contributed by atoms with van der Waals surface area (Å²) in [6.45, 7) is 10.1. The summed E-state index contributed by atoms with van der Waals surface area (Å²) in [5, 5.41) is 0. The van der Waals surface area contributed by atoms with Gasteiger partial charge in [0.25, 0.3) is 0 Å². The van der Waals surface area contributed by atoms with Gasteiger partial charge in [-0.3, -0.25) is 4.79 Å². The Hall–Kier alpha value is -0.530. The normalized spacial score (nSPS) is 39.1. The molecule has 3 fully saturated rings. The van der Waals surface area contributed by atoms with Crippen molar-refractivity contribution in [2.45, 2.75) is 53.0 Å². The number of hydrogen-bond acceptors (Lipinski definition) is 1. The van der Waals surface area contributed by atoms with Gasteiger partial charge in [0.2, 0.25) is 5.91 Å². The quantitative estimate of drug-likeness (QED) is 0.702. The molecule has 0 spiro atoms. The maximum absolute atomic E-state index is 12.4. The zero-order chi connectivity index (χ0) is 11.7. The molecule has 1 heterocycles. The van der Waals surface area contributed by atoms with Crippen LogP contribution < -0.4 is 0 Å². The Morgan fingerprint density at radius 3 is 2.06 bits per heavy atom. The van der Waals surface area contributed by atoms with Gasteiger partial charge >= 0.3 is 0 Å². The first-order valence-corrected chi connectivity index (χ1v) is 6.63. The fourth-order valence-corrected chi connectivity index (χ4v) is 3.55. The van der Waals surface area contributed by atoms with Gasteiger partial charge in [0.1, 0.15) is 0 Å². The summed E-state index contributed by atoms with van der Waals surface area (Å²) in [5.41, 5.74) is 0.654. The van der Waals surface area contributed by atoms with E-state index in [1.807, 2.05) is 0 Å². The molecule has 2 nitrogen and oxygen atoms in total. The van der Waals surface area contributed by atoms with E-state index in [4.69, 9.17) is 0 Å². The lowest BCUT2D eigenvalue weighted by atomic mass is 9.72. The molecule has 0 N–H and O–H groups in total. The summed E-state index contributed by atoms with van der Waals surface area (Å²) in [4.78, 5) is 14.6. The van der Waals surface area contributed by atoms with Crippen molar-refractivity contribution >= 4 is 5.91 Å². The molecule has 0 aromatic rings. The molecular formula is C14H23NO. The SMILES string of the molecule is CC1(C)CN(C(=O)[C@H]2CC2(C)C)C1C1CC1. The Morgan fingerprint density at radius 1 is 1.12 bits per heavy atom. The number of nitrogens with zero attached hydrogens (tertiary/aromatic N) is 1. The van der Waals surface area contributed by atoms with Crippen LogP contribution in [0.1, 0.15) is 47.0 Å². The van der Waals surface area contributed by atoms with Crippen LogP contribution in [0.2, 0.25) is 0 Å². The molecule has 3 rings (SSSR count). The standard InChI is InChI=1S/C14H23NO/c1-13(2)7-10(13)12(16)15-8-14(3,4)11(15)9-5-6-9/h9-11H,5-8H2,1-4H3/t10-,11?/m1/s1. The van der Waals surface area contributed by atoms with E-state index in [-0.39, 0.29) is 5.41 Å². The highest BCUT2D eigenvalue weighted by atomic mass is 16.2. The summed E-state index contributed by atoms with van der Waals surface area (Å²) in [6.07, 6.45) is 3.78. The van der Waals surface area contributed by atoms with Crippen LogP contribution in [0.3, 0.4) is 0 Å². The minimum Gasteiger partial charge on any atom is -0.338 e. The van der Waals surface area contributed by atoms with Crippen LogP contribution in [0.25, 0.3) is 0 Å². The first kappa shape index (κ1) is 10.6. The summed E-state index contributed by atoms with van der Waals surface area (Å²) >= 11 is 0. The van der Waals surface area contributed by atoms with Gasteiger partial charge in [-0.25, -0.2) is 0 Å². The van der Waals surface area contributed by atoms with E-state index >= 15 is 0 Å². The average molecular weight is 221 g/mol. The predicted octanol–water partition coefficient (Wildman–Crippen LogP) is 2.68. The molecule has 2 aliphatic carbocycles. The van der Waals surface area contributed by atoms with Crippen LogP contribution in [0.15, 0.2) is 0 Å².